The van der Waals surface area contributed by atoms with E-state index in [9.17, 15) is 4.79 Å². The van der Waals surface area contributed by atoms with E-state index >= 15 is 0 Å². The zero-order chi connectivity index (χ0) is 14.7. The summed E-state index contributed by atoms with van der Waals surface area (Å²) in [6.45, 7) is 9.27. The average Bonchev–Trinajstić information content (AvgIpc) is 2.81. The summed E-state index contributed by atoms with van der Waals surface area (Å²) in [5, 5.41) is 0. The fourth-order valence-electron chi connectivity index (χ4n) is 2.51. The summed E-state index contributed by atoms with van der Waals surface area (Å²) in [6, 6.07) is 6.14. The largest absolute Gasteiger partial charge is 0.492 e. The molecule has 0 aromatic heterocycles. The fraction of sp³-hybridized carbons (Fsp3) is 0.471. The lowest BCUT2D eigenvalue weighted by atomic mass is 10.0. The molecule has 0 radical (unpaired) electrons. The first kappa shape index (κ1) is 14.8. The summed E-state index contributed by atoms with van der Waals surface area (Å²) in [4.78, 5) is 13.9. The molecule has 0 saturated carbocycles. The molecule has 1 aliphatic rings. The minimum Gasteiger partial charge on any atom is -0.492 e. The van der Waals surface area contributed by atoms with Crippen LogP contribution in [0.25, 0.3) is 5.57 Å². The Hall–Kier alpha value is -1.61. The predicted molar refractivity (Wildman–Crippen MR) is 82.3 cm³/mol. The van der Waals surface area contributed by atoms with E-state index < -0.39 is 0 Å². The third-order valence-corrected chi connectivity index (χ3v) is 3.92. The van der Waals surface area contributed by atoms with Gasteiger partial charge in [-0.05, 0) is 64.0 Å². The van der Waals surface area contributed by atoms with Crippen molar-refractivity contribution in [1.82, 2.24) is 4.90 Å². The Kier molecular flexibility index (Phi) is 4.61. The number of ketones is 1. The maximum absolute atomic E-state index is 11.6. The Labute approximate surface area is 121 Å². The third-order valence-electron chi connectivity index (χ3n) is 3.92. The van der Waals surface area contributed by atoms with Gasteiger partial charge in [-0.15, -0.1) is 0 Å². The van der Waals surface area contributed by atoms with Crippen molar-refractivity contribution >= 4 is 11.4 Å². The molecule has 1 aromatic carbocycles. The van der Waals surface area contributed by atoms with Gasteiger partial charge in [0, 0.05) is 11.6 Å². The SMILES string of the molecule is C=C(C)c1cc(OC[C@@H]2CCCN2C)cc(C(C)=O)c1. The van der Waals surface area contributed by atoms with Crippen molar-refractivity contribution in [2.75, 3.05) is 20.2 Å². The van der Waals surface area contributed by atoms with E-state index in [-0.39, 0.29) is 5.78 Å². The molecule has 0 bridgehead atoms. The highest BCUT2D eigenvalue weighted by molar-refractivity contribution is 5.95. The molecule has 0 aliphatic carbocycles. The van der Waals surface area contributed by atoms with Gasteiger partial charge in [0.2, 0.25) is 0 Å². The second-order valence-electron chi connectivity index (χ2n) is 5.67. The van der Waals surface area contributed by atoms with Gasteiger partial charge in [0.25, 0.3) is 0 Å². The molecule has 3 nitrogen and oxygen atoms in total. The lowest BCUT2D eigenvalue weighted by molar-refractivity contribution is 0.101. The van der Waals surface area contributed by atoms with Crippen LogP contribution in [0.5, 0.6) is 5.75 Å². The summed E-state index contributed by atoms with van der Waals surface area (Å²) >= 11 is 0. The summed E-state index contributed by atoms with van der Waals surface area (Å²) in [5.41, 5.74) is 2.59. The molecule has 0 amide bonds. The topological polar surface area (TPSA) is 29.5 Å². The number of rotatable bonds is 5. The number of carbonyl (C=O) groups excluding carboxylic acids is 1. The van der Waals surface area contributed by atoms with Gasteiger partial charge < -0.3 is 9.64 Å². The monoisotopic (exact) mass is 273 g/mol. The van der Waals surface area contributed by atoms with Crippen LogP contribution in [0.3, 0.4) is 0 Å². The number of hydrogen-bond acceptors (Lipinski definition) is 3. The van der Waals surface area contributed by atoms with E-state index in [1.54, 1.807) is 6.92 Å². The van der Waals surface area contributed by atoms with Crippen molar-refractivity contribution in [2.45, 2.75) is 32.7 Å². The standard InChI is InChI=1S/C17H23NO2/c1-12(2)14-8-15(13(3)19)10-17(9-14)20-11-16-6-5-7-18(16)4/h8-10,16H,1,5-7,11H2,2-4H3/t16-/m0/s1. The number of likely N-dealkylation sites (N-methyl/N-ethyl adjacent to an activating group) is 1. The molecular weight excluding hydrogens is 250 g/mol. The minimum absolute atomic E-state index is 0.0518. The number of ether oxygens (including phenoxy) is 1. The van der Waals surface area contributed by atoms with Crippen LogP contribution in [-0.2, 0) is 0 Å². The predicted octanol–water partition coefficient (Wildman–Crippen LogP) is 3.40. The number of Topliss-reactive ketones (excluding diaryl/α,β-unsaturated/α-hetero) is 1. The van der Waals surface area contributed by atoms with Gasteiger partial charge in [0.1, 0.15) is 12.4 Å². The van der Waals surface area contributed by atoms with Gasteiger partial charge in [-0.2, -0.15) is 0 Å². The van der Waals surface area contributed by atoms with Crippen LogP contribution in [0.2, 0.25) is 0 Å². The lowest BCUT2D eigenvalue weighted by Gasteiger charge is -2.20. The van der Waals surface area contributed by atoms with E-state index in [1.807, 2.05) is 25.1 Å². The van der Waals surface area contributed by atoms with Crippen molar-refractivity contribution in [3.63, 3.8) is 0 Å². The normalized spacial score (nSPS) is 19.1. The number of allylic oxidation sites excluding steroid dienone is 1. The summed E-state index contributed by atoms with van der Waals surface area (Å²) in [7, 11) is 2.13. The van der Waals surface area contributed by atoms with Crippen LogP contribution in [-0.4, -0.2) is 36.9 Å². The molecule has 1 saturated heterocycles. The molecule has 108 valence electrons. The molecule has 3 heteroatoms. The molecule has 1 fully saturated rings. The highest BCUT2D eigenvalue weighted by Gasteiger charge is 2.21. The Morgan fingerprint density at radius 2 is 2.05 bits per heavy atom. The van der Waals surface area contributed by atoms with Gasteiger partial charge in [0.05, 0.1) is 0 Å². The molecule has 1 heterocycles. The molecule has 1 aromatic rings. The van der Waals surface area contributed by atoms with Crippen LogP contribution < -0.4 is 4.74 Å². The van der Waals surface area contributed by atoms with Gasteiger partial charge in [-0.1, -0.05) is 12.2 Å². The first-order valence-electron chi connectivity index (χ1n) is 7.12. The Balaban J connectivity index is 2.13. The number of hydrogen-bond donors (Lipinski definition) is 0. The van der Waals surface area contributed by atoms with E-state index in [0.717, 1.165) is 23.4 Å². The van der Waals surface area contributed by atoms with Gasteiger partial charge in [-0.3, -0.25) is 4.79 Å². The van der Waals surface area contributed by atoms with E-state index in [2.05, 4.69) is 18.5 Å². The quantitative estimate of drug-likeness (QED) is 0.770. The highest BCUT2D eigenvalue weighted by atomic mass is 16.5. The smallest absolute Gasteiger partial charge is 0.159 e. The van der Waals surface area contributed by atoms with Crippen molar-refractivity contribution in [3.05, 3.63) is 35.9 Å². The Bertz CT molecular complexity index is 489. The highest BCUT2D eigenvalue weighted by Crippen LogP contribution is 2.24. The van der Waals surface area contributed by atoms with Crippen molar-refractivity contribution in [1.29, 1.82) is 0 Å². The number of likely N-dealkylation sites (tertiary alicyclic amines) is 1. The number of nitrogens with zero attached hydrogens (tertiary/aromatic N) is 1. The van der Waals surface area contributed by atoms with Crippen LogP contribution in [0, 0.1) is 0 Å². The summed E-state index contributed by atoms with van der Waals surface area (Å²) < 4.78 is 5.91. The number of carbonyl (C=O) groups is 1. The Morgan fingerprint density at radius 3 is 2.60 bits per heavy atom. The van der Waals surface area contributed by atoms with Gasteiger partial charge >= 0.3 is 0 Å². The molecule has 0 unspecified atom stereocenters. The zero-order valence-electron chi connectivity index (χ0n) is 12.6. The molecule has 2 rings (SSSR count). The fourth-order valence-corrected chi connectivity index (χ4v) is 2.51. The van der Waals surface area contributed by atoms with Crippen molar-refractivity contribution in [2.24, 2.45) is 0 Å². The van der Waals surface area contributed by atoms with Crippen LogP contribution in [0.4, 0.5) is 0 Å². The zero-order valence-corrected chi connectivity index (χ0v) is 12.6. The molecular formula is C17H23NO2. The first-order chi connectivity index (χ1) is 9.47. The van der Waals surface area contributed by atoms with E-state index in [0.29, 0.717) is 18.2 Å². The van der Waals surface area contributed by atoms with Crippen molar-refractivity contribution < 1.29 is 9.53 Å². The van der Waals surface area contributed by atoms with E-state index in [1.165, 1.54) is 12.8 Å². The van der Waals surface area contributed by atoms with Crippen LogP contribution in [0.1, 0.15) is 42.6 Å². The second-order valence-corrected chi connectivity index (χ2v) is 5.67. The lowest BCUT2D eigenvalue weighted by Crippen LogP contribution is -2.30. The number of benzene rings is 1. The molecule has 0 N–H and O–H groups in total. The van der Waals surface area contributed by atoms with Gasteiger partial charge in [0.15, 0.2) is 5.78 Å². The molecule has 1 aliphatic heterocycles. The van der Waals surface area contributed by atoms with Gasteiger partial charge in [-0.25, -0.2) is 0 Å². The second kappa shape index (κ2) is 6.23. The molecule has 0 spiro atoms. The average molecular weight is 273 g/mol. The summed E-state index contributed by atoms with van der Waals surface area (Å²) in [5.74, 6) is 0.812. The first-order valence-corrected chi connectivity index (χ1v) is 7.12. The Morgan fingerprint density at radius 1 is 1.35 bits per heavy atom. The summed E-state index contributed by atoms with van der Waals surface area (Å²) in [6.07, 6.45) is 2.41. The van der Waals surface area contributed by atoms with E-state index in [4.69, 9.17) is 4.74 Å². The maximum Gasteiger partial charge on any atom is 0.159 e. The minimum atomic E-state index is 0.0518. The van der Waals surface area contributed by atoms with Crippen LogP contribution >= 0.6 is 0 Å². The van der Waals surface area contributed by atoms with Crippen LogP contribution in [0.15, 0.2) is 24.8 Å². The van der Waals surface area contributed by atoms with Crippen molar-refractivity contribution in [3.8, 4) is 5.75 Å². The molecule has 1 atom stereocenters. The molecule has 20 heavy (non-hydrogen) atoms. The third kappa shape index (κ3) is 3.48. The maximum atomic E-state index is 11.6.